The molecule has 39 heavy (non-hydrogen) atoms. The minimum Gasteiger partial charge on any atom is -0.444 e. The quantitative estimate of drug-likeness (QED) is 0.318. The lowest BCUT2D eigenvalue weighted by molar-refractivity contribution is -0.0310. The maximum atomic E-state index is 12.4. The van der Waals surface area contributed by atoms with Gasteiger partial charge in [0, 0.05) is 0 Å². The summed E-state index contributed by atoms with van der Waals surface area (Å²) in [5, 5.41) is 27.3. The Morgan fingerprint density at radius 3 is 1.31 bits per heavy atom. The first-order valence-corrected chi connectivity index (χ1v) is 13.2. The first kappa shape index (κ1) is 32.1. The van der Waals surface area contributed by atoms with E-state index in [0.717, 1.165) is 11.1 Å². The van der Waals surface area contributed by atoms with Crippen LogP contribution in [-0.4, -0.2) is 71.1 Å². The Balaban J connectivity index is 2.03. The first-order valence-electron chi connectivity index (χ1n) is 13.2. The number of carbonyl (C=O) groups is 2. The topological polar surface area (TPSA) is 126 Å². The molecule has 0 radical (unpaired) electrons. The number of amides is 2. The van der Waals surface area contributed by atoms with Crippen molar-refractivity contribution in [3.8, 4) is 0 Å². The van der Waals surface area contributed by atoms with E-state index in [1.165, 1.54) is 0 Å². The van der Waals surface area contributed by atoms with Gasteiger partial charge in [-0.2, -0.15) is 0 Å². The molecule has 4 atom stereocenters. The second-order valence-corrected chi connectivity index (χ2v) is 11.6. The van der Waals surface area contributed by atoms with E-state index < -0.39 is 47.7 Å². The van der Waals surface area contributed by atoms with Gasteiger partial charge in [0.25, 0.3) is 0 Å². The number of rotatable bonds is 12. The fourth-order valence-corrected chi connectivity index (χ4v) is 3.76. The van der Waals surface area contributed by atoms with Gasteiger partial charge in [0.1, 0.15) is 11.2 Å². The van der Waals surface area contributed by atoms with Crippen LogP contribution in [0.5, 0.6) is 0 Å². The number of aliphatic hydroxyl groups is 2. The fourth-order valence-electron chi connectivity index (χ4n) is 3.76. The molecule has 216 valence electrons. The molecule has 2 amide bonds. The Morgan fingerprint density at radius 2 is 1.00 bits per heavy atom. The minimum absolute atomic E-state index is 0.158. The average Bonchev–Trinajstić information content (AvgIpc) is 2.82. The third kappa shape index (κ3) is 13.5. The van der Waals surface area contributed by atoms with Gasteiger partial charge in [0.2, 0.25) is 0 Å². The number of alkyl carbamates (subject to hydrolysis) is 2. The molecular formula is C30H44N2O7. The number of hydrogen-bond acceptors (Lipinski definition) is 7. The number of nitrogens with one attached hydrogen (secondary N) is 2. The third-order valence-corrected chi connectivity index (χ3v) is 5.51. The largest absolute Gasteiger partial charge is 0.444 e. The molecule has 0 saturated carbocycles. The highest BCUT2D eigenvalue weighted by Gasteiger charge is 2.28. The zero-order valence-electron chi connectivity index (χ0n) is 23.8. The van der Waals surface area contributed by atoms with Crippen LogP contribution >= 0.6 is 0 Å². The van der Waals surface area contributed by atoms with Crippen molar-refractivity contribution in [1.29, 1.82) is 0 Å². The normalized spacial score (nSPS) is 15.0. The van der Waals surface area contributed by atoms with Crippen LogP contribution < -0.4 is 10.6 Å². The SMILES string of the molecule is CC(C)(C)OC(=O)N[C@@H](Cc1ccccc1)[C@H](O)COC[C@@H](O)[C@H](Cc1ccccc1)NC(=O)OC(C)(C)C. The molecule has 0 aromatic heterocycles. The summed E-state index contributed by atoms with van der Waals surface area (Å²) in [6.45, 7) is 10.2. The van der Waals surface area contributed by atoms with Crippen molar-refractivity contribution in [3.63, 3.8) is 0 Å². The Bertz CT molecular complexity index is 922. The van der Waals surface area contributed by atoms with Gasteiger partial charge in [-0.1, -0.05) is 60.7 Å². The van der Waals surface area contributed by atoms with E-state index in [4.69, 9.17) is 14.2 Å². The molecule has 2 rings (SSSR count). The van der Waals surface area contributed by atoms with Crippen molar-refractivity contribution in [3.05, 3.63) is 71.8 Å². The van der Waals surface area contributed by atoms with E-state index >= 15 is 0 Å². The lowest BCUT2D eigenvalue weighted by Crippen LogP contribution is -2.50. The summed E-state index contributed by atoms with van der Waals surface area (Å²) in [6.07, 6.45) is -2.76. The van der Waals surface area contributed by atoms with Gasteiger partial charge in [-0.05, 0) is 65.5 Å². The van der Waals surface area contributed by atoms with Crippen molar-refractivity contribution in [2.24, 2.45) is 0 Å². The second-order valence-electron chi connectivity index (χ2n) is 11.6. The van der Waals surface area contributed by atoms with Gasteiger partial charge in [-0.3, -0.25) is 0 Å². The molecule has 0 aliphatic heterocycles. The van der Waals surface area contributed by atoms with Gasteiger partial charge in [0.15, 0.2) is 0 Å². The number of benzene rings is 2. The molecule has 0 heterocycles. The smallest absolute Gasteiger partial charge is 0.407 e. The van der Waals surface area contributed by atoms with Crippen molar-refractivity contribution < 1.29 is 34.0 Å². The van der Waals surface area contributed by atoms with Crippen LogP contribution in [0.4, 0.5) is 9.59 Å². The zero-order valence-corrected chi connectivity index (χ0v) is 23.8. The molecule has 9 nitrogen and oxygen atoms in total. The molecule has 0 saturated heterocycles. The maximum absolute atomic E-state index is 12.4. The molecule has 2 aromatic rings. The van der Waals surface area contributed by atoms with Gasteiger partial charge < -0.3 is 35.1 Å². The van der Waals surface area contributed by atoms with Crippen LogP contribution in [-0.2, 0) is 27.1 Å². The van der Waals surface area contributed by atoms with E-state index in [0.29, 0.717) is 12.8 Å². The molecule has 4 N–H and O–H groups in total. The number of aliphatic hydroxyl groups excluding tert-OH is 2. The number of ether oxygens (including phenoxy) is 3. The molecule has 0 spiro atoms. The second kappa shape index (κ2) is 14.9. The Morgan fingerprint density at radius 1 is 0.667 bits per heavy atom. The number of carbonyl (C=O) groups excluding carboxylic acids is 2. The van der Waals surface area contributed by atoms with Crippen molar-refractivity contribution in [2.45, 2.75) is 89.9 Å². The first-order chi connectivity index (χ1) is 18.2. The zero-order chi connectivity index (χ0) is 29.1. The molecule has 0 unspecified atom stereocenters. The molecule has 0 bridgehead atoms. The Kier molecular flexibility index (Phi) is 12.2. The number of hydrogen-bond donors (Lipinski definition) is 4. The third-order valence-electron chi connectivity index (χ3n) is 5.51. The summed E-state index contributed by atoms with van der Waals surface area (Å²) in [5.74, 6) is 0. The van der Waals surface area contributed by atoms with E-state index in [1.54, 1.807) is 41.5 Å². The van der Waals surface area contributed by atoms with Crippen molar-refractivity contribution in [1.82, 2.24) is 10.6 Å². The highest BCUT2D eigenvalue weighted by molar-refractivity contribution is 5.68. The highest BCUT2D eigenvalue weighted by Crippen LogP contribution is 2.13. The van der Waals surface area contributed by atoms with E-state index in [2.05, 4.69) is 10.6 Å². The van der Waals surface area contributed by atoms with Crippen LogP contribution in [0.1, 0.15) is 52.7 Å². The summed E-state index contributed by atoms with van der Waals surface area (Å²) in [4.78, 5) is 24.9. The summed E-state index contributed by atoms with van der Waals surface area (Å²) in [5.41, 5.74) is 0.452. The minimum atomic E-state index is -1.09. The van der Waals surface area contributed by atoms with Crippen LogP contribution in [0.3, 0.4) is 0 Å². The van der Waals surface area contributed by atoms with Crippen molar-refractivity contribution >= 4 is 12.2 Å². The van der Waals surface area contributed by atoms with E-state index in [9.17, 15) is 19.8 Å². The van der Waals surface area contributed by atoms with Crippen LogP contribution in [0.25, 0.3) is 0 Å². The summed E-state index contributed by atoms with van der Waals surface area (Å²) >= 11 is 0. The summed E-state index contributed by atoms with van der Waals surface area (Å²) in [7, 11) is 0. The lowest BCUT2D eigenvalue weighted by Gasteiger charge is -2.28. The van der Waals surface area contributed by atoms with Crippen LogP contribution in [0.2, 0.25) is 0 Å². The predicted octanol–water partition coefficient (Wildman–Crippen LogP) is 4.00. The van der Waals surface area contributed by atoms with Gasteiger partial charge in [-0.15, -0.1) is 0 Å². The Hall–Kier alpha value is -3.14. The Labute approximate surface area is 231 Å². The van der Waals surface area contributed by atoms with E-state index in [-0.39, 0.29) is 13.2 Å². The molecule has 2 aromatic carbocycles. The van der Waals surface area contributed by atoms with Crippen molar-refractivity contribution in [2.75, 3.05) is 13.2 Å². The molecule has 0 aliphatic rings. The van der Waals surface area contributed by atoms with E-state index in [1.807, 2.05) is 60.7 Å². The molecule has 0 fully saturated rings. The monoisotopic (exact) mass is 544 g/mol. The molecule has 0 aliphatic carbocycles. The predicted molar refractivity (Wildman–Crippen MR) is 149 cm³/mol. The highest BCUT2D eigenvalue weighted by atomic mass is 16.6. The lowest BCUT2D eigenvalue weighted by atomic mass is 10.0. The van der Waals surface area contributed by atoms with Gasteiger partial charge in [-0.25, -0.2) is 9.59 Å². The summed E-state index contributed by atoms with van der Waals surface area (Å²) in [6, 6.07) is 17.5. The van der Waals surface area contributed by atoms with Gasteiger partial charge in [0.05, 0.1) is 37.5 Å². The fraction of sp³-hybridized carbons (Fsp3) is 0.533. The van der Waals surface area contributed by atoms with Crippen LogP contribution in [0, 0.1) is 0 Å². The summed E-state index contributed by atoms with van der Waals surface area (Å²) < 4.78 is 16.4. The van der Waals surface area contributed by atoms with Gasteiger partial charge >= 0.3 is 12.2 Å². The average molecular weight is 545 g/mol. The molecule has 9 heteroatoms. The van der Waals surface area contributed by atoms with Crippen LogP contribution in [0.15, 0.2) is 60.7 Å². The molecular weight excluding hydrogens is 500 g/mol. The standard InChI is InChI=1S/C30H44N2O7/c1-29(2,3)38-27(35)31-23(17-21-13-9-7-10-14-21)25(33)19-37-20-26(34)24(18-22-15-11-8-12-16-22)32-28(36)39-30(4,5)6/h7-16,23-26,33-34H,17-20H2,1-6H3,(H,31,35)(H,32,36)/t23-,24-,25+,26+/m0/s1. The maximum Gasteiger partial charge on any atom is 0.407 e.